The van der Waals surface area contributed by atoms with Crippen LogP contribution in [0.5, 0.6) is 0 Å². The maximum Gasteiger partial charge on any atom is 0.409 e. The summed E-state index contributed by atoms with van der Waals surface area (Å²) in [6.45, 7) is 7.76. The summed E-state index contributed by atoms with van der Waals surface area (Å²) in [7, 11) is 0. The molecule has 0 radical (unpaired) electrons. The van der Waals surface area contributed by atoms with E-state index in [-0.39, 0.29) is 11.6 Å². The highest BCUT2D eigenvalue weighted by atomic mass is 16.6. The van der Waals surface area contributed by atoms with Crippen LogP contribution in [0.4, 0.5) is 4.79 Å². The van der Waals surface area contributed by atoms with E-state index in [2.05, 4.69) is 11.8 Å². The molecule has 0 aromatic heterocycles. The van der Waals surface area contributed by atoms with Gasteiger partial charge in [-0.1, -0.05) is 0 Å². The average Bonchev–Trinajstić information content (AvgIpc) is 2.40. The monoisotopic (exact) mass is 268 g/mol. The second-order valence-electron chi connectivity index (χ2n) is 5.71. The molecule has 2 aliphatic rings. The Bertz CT molecular complexity index is 339. The second kappa shape index (κ2) is 5.90. The van der Waals surface area contributed by atoms with E-state index in [1.54, 1.807) is 4.90 Å². The highest BCUT2D eigenvalue weighted by Crippen LogP contribution is 2.30. The second-order valence-corrected chi connectivity index (χ2v) is 5.71. The number of nitrogens with zero attached hydrogens (tertiary/aromatic N) is 2. The zero-order chi connectivity index (χ0) is 13.9. The summed E-state index contributed by atoms with van der Waals surface area (Å²) >= 11 is 0. The first kappa shape index (κ1) is 14.3. The Hall–Kier alpha value is -1.10. The molecule has 0 bridgehead atoms. The molecule has 5 heteroatoms. The fourth-order valence-electron chi connectivity index (χ4n) is 3.00. The quantitative estimate of drug-likeness (QED) is 0.764. The first-order valence-electron chi connectivity index (χ1n) is 7.23. The number of likely N-dealkylation sites (tertiary alicyclic amines) is 2. The summed E-state index contributed by atoms with van der Waals surface area (Å²) in [6.07, 6.45) is 3.08. The zero-order valence-corrected chi connectivity index (χ0v) is 12.0. The lowest BCUT2D eigenvalue weighted by molar-refractivity contribution is -0.123. The van der Waals surface area contributed by atoms with E-state index in [9.17, 15) is 9.59 Å². The predicted octanol–water partition coefficient (Wildman–Crippen LogP) is 1.66. The molecule has 5 nitrogen and oxygen atoms in total. The van der Waals surface area contributed by atoms with Crippen LogP contribution in [0.3, 0.4) is 0 Å². The molecular weight excluding hydrogens is 244 g/mol. The maximum atomic E-state index is 11.7. The number of ether oxygens (including phenoxy) is 1. The van der Waals surface area contributed by atoms with Crippen LogP contribution in [0.15, 0.2) is 0 Å². The van der Waals surface area contributed by atoms with Crippen LogP contribution in [0.25, 0.3) is 0 Å². The van der Waals surface area contributed by atoms with Crippen molar-refractivity contribution in [3.8, 4) is 0 Å². The Morgan fingerprint density at radius 2 is 1.79 bits per heavy atom. The number of hydrogen-bond acceptors (Lipinski definition) is 4. The van der Waals surface area contributed by atoms with Gasteiger partial charge in [-0.15, -0.1) is 0 Å². The Kier molecular flexibility index (Phi) is 4.45. The summed E-state index contributed by atoms with van der Waals surface area (Å²) in [4.78, 5) is 27.2. The van der Waals surface area contributed by atoms with Crippen molar-refractivity contribution >= 4 is 11.9 Å². The van der Waals surface area contributed by atoms with Gasteiger partial charge in [-0.3, -0.25) is 9.69 Å². The third-order valence-electron chi connectivity index (χ3n) is 4.45. The highest BCUT2D eigenvalue weighted by molar-refractivity contribution is 5.79. The van der Waals surface area contributed by atoms with Gasteiger partial charge < -0.3 is 9.64 Å². The molecule has 0 aromatic rings. The molecule has 2 rings (SSSR count). The maximum absolute atomic E-state index is 11.7. The number of hydrogen-bond donors (Lipinski definition) is 0. The molecule has 2 fully saturated rings. The van der Waals surface area contributed by atoms with Gasteiger partial charge in [0.25, 0.3) is 0 Å². The van der Waals surface area contributed by atoms with Gasteiger partial charge in [0.2, 0.25) is 0 Å². The normalized spacial score (nSPS) is 24.3. The number of ketones is 1. The lowest BCUT2D eigenvalue weighted by Gasteiger charge is -2.47. The lowest BCUT2D eigenvalue weighted by atomic mass is 9.86. The number of carbonyl (C=O) groups excluding carboxylic acids is 2. The molecule has 19 heavy (non-hydrogen) atoms. The van der Waals surface area contributed by atoms with Crippen molar-refractivity contribution in [2.75, 3.05) is 32.8 Å². The Labute approximate surface area is 114 Å². The van der Waals surface area contributed by atoms with Gasteiger partial charge in [-0.25, -0.2) is 4.79 Å². The predicted molar refractivity (Wildman–Crippen MR) is 72.0 cm³/mol. The molecular formula is C14H24N2O3. The Morgan fingerprint density at radius 3 is 2.32 bits per heavy atom. The van der Waals surface area contributed by atoms with E-state index in [1.165, 1.54) is 0 Å². The topological polar surface area (TPSA) is 49.9 Å². The minimum Gasteiger partial charge on any atom is -0.450 e. The summed E-state index contributed by atoms with van der Waals surface area (Å²) in [5, 5.41) is 0. The Balaban J connectivity index is 1.87. The van der Waals surface area contributed by atoms with E-state index in [0.717, 1.165) is 39.0 Å². The van der Waals surface area contributed by atoms with Crippen LogP contribution in [0.1, 0.15) is 39.5 Å². The molecule has 2 aliphatic heterocycles. The van der Waals surface area contributed by atoms with Gasteiger partial charge in [-0.05, 0) is 26.7 Å². The van der Waals surface area contributed by atoms with Crippen molar-refractivity contribution in [1.29, 1.82) is 0 Å². The van der Waals surface area contributed by atoms with E-state index in [1.807, 2.05) is 6.92 Å². The fraction of sp³-hybridized carbons (Fsp3) is 0.857. The van der Waals surface area contributed by atoms with E-state index in [0.29, 0.717) is 25.2 Å². The zero-order valence-electron chi connectivity index (χ0n) is 12.0. The van der Waals surface area contributed by atoms with Gasteiger partial charge >= 0.3 is 6.09 Å². The van der Waals surface area contributed by atoms with Gasteiger partial charge in [0.15, 0.2) is 0 Å². The first-order valence-corrected chi connectivity index (χ1v) is 7.23. The van der Waals surface area contributed by atoms with E-state index >= 15 is 0 Å². The molecule has 2 heterocycles. The molecule has 0 unspecified atom stereocenters. The largest absolute Gasteiger partial charge is 0.450 e. The average molecular weight is 268 g/mol. The van der Waals surface area contributed by atoms with Crippen LogP contribution >= 0.6 is 0 Å². The standard InChI is InChI=1S/C14H24N2O3/c1-3-19-13(18)15-10-6-14(2,7-11-15)16-8-4-12(17)5-9-16/h3-11H2,1-2H3. The minimum atomic E-state index is -0.196. The van der Waals surface area contributed by atoms with Crippen LogP contribution in [0, 0.1) is 0 Å². The third-order valence-corrected chi connectivity index (χ3v) is 4.45. The number of carbonyl (C=O) groups is 2. The van der Waals surface area contributed by atoms with Gasteiger partial charge in [0.1, 0.15) is 5.78 Å². The number of rotatable bonds is 2. The molecule has 0 spiro atoms. The van der Waals surface area contributed by atoms with Crippen LogP contribution in [-0.2, 0) is 9.53 Å². The summed E-state index contributed by atoms with van der Waals surface area (Å²) in [6, 6.07) is 0. The third kappa shape index (κ3) is 3.26. The lowest BCUT2D eigenvalue weighted by Crippen LogP contribution is -2.56. The Morgan fingerprint density at radius 1 is 1.21 bits per heavy atom. The van der Waals surface area contributed by atoms with Crippen molar-refractivity contribution < 1.29 is 14.3 Å². The smallest absolute Gasteiger partial charge is 0.409 e. The fourth-order valence-corrected chi connectivity index (χ4v) is 3.00. The molecule has 108 valence electrons. The molecule has 0 N–H and O–H groups in total. The van der Waals surface area contributed by atoms with Crippen molar-refractivity contribution in [3.05, 3.63) is 0 Å². The molecule has 0 aliphatic carbocycles. The van der Waals surface area contributed by atoms with Gasteiger partial charge in [0.05, 0.1) is 6.61 Å². The molecule has 0 aromatic carbocycles. The van der Waals surface area contributed by atoms with Crippen LogP contribution in [-0.4, -0.2) is 60.0 Å². The van der Waals surface area contributed by atoms with Crippen molar-refractivity contribution in [3.63, 3.8) is 0 Å². The van der Waals surface area contributed by atoms with Gasteiger partial charge in [-0.2, -0.15) is 0 Å². The van der Waals surface area contributed by atoms with Crippen molar-refractivity contribution in [2.24, 2.45) is 0 Å². The summed E-state index contributed by atoms with van der Waals surface area (Å²) in [5.41, 5.74) is 0.129. The number of piperidine rings is 2. The first-order chi connectivity index (χ1) is 9.05. The van der Waals surface area contributed by atoms with E-state index < -0.39 is 0 Å². The minimum absolute atomic E-state index is 0.129. The van der Waals surface area contributed by atoms with Crippen LogP contribution in [0.2, 0.25) is 0 Å². The number of Topliss-reactive ketones (excluding diaryl/α,β-unsaturated/α-hetero) is 1. The number of amides is 1. The van der Waals surface area contributed by atoms with Crippen molar-refractivity contribution in [2.45, 2.75) is 45.1 Å². The van der Waals surface area contributed by atoms with Gasteiger partial charge in [0, 0.05) is 44.6 Å². The van der Waals surface area contributed by atoms with Crippen molar-refractivity contribution in [1.82, 2.24) is 9.80 Å². The van der Waals surface area contributed by atoms with Crippen LogP contribution < -0.4 is 0 Å². The SMILES string of the molecule is CCOC(=O)N1CCC(C)(N2CCC(=O)CC2)CC1. The molecule has 1 amide bonds. The van der Waals surface area contributed by atoms with E-state index in [4.69, 9.17) is 4.74 Å². The summed E-state index contributed by atoms with van der Waals surface area (Å²) in [5.74, 6) is 0.379. The molecule has 0 atom stereocenters. The molecule has 0 saturated carbocycles. The summed E-state index contributed by atoms with van der Waals surface area (Å²) < 4.78 is 5.04. The highest BCUT2D eigenvalue weighted by Gasteiger charge is 2.38. The molecule has 2 saturated heterocycles.